The number of aryl methyl sites for hydroxylation is 2. The number of hydrogen-bond acceptors (Lipinski definition) is 5. The number of oxazole rings is 1. The topological polar surface area (TPSA) is 98.3 Å². The maximum Gasteiger partial charge on any atom is 0.270 e. The van der Waals surface area contributed by atoms with E-state index in [4.69, 9.17) is 4.42 Å². The molecule has 3 aromatic carbocycles. The van der Waals surface area contributed by atoms with Gasteiger partial charge in [0.2, 0.25) is 11.8 Å². The normalized spacial score (nSPS) is 11.2. The largest absolute Gasteiger partial charge is 0.436 e. The summed E-state index contributed by atoms with van der Waals surface area (Å²) in [5.41, 5.74) is 5.52. The molecule has 4 aromatic rings. The average molecular weight is 413 g/mol. The molecule has 1 N–H and O–H groups in total. The molecule has 1 amide bonds. The van der Waals surface area contributed by atoms with Gasteiger partial charge in [-0.3, -0.25) is 14.9 Å². The standard InChI is InChI=1S/C24H19N3O4/c1-15-10-16(2)12-18(11-15)24-26-21-14-19(7-8-22(21)31-24)25-23(28)9-6-17-4-3-5-20(13-17)27(29)30/h3-14H,1-2H3,(H,25,28). The Morgan fingerprint density at radius 2 is 1.84 bits per heavy atom. The SMILES string of the molecule is Cc1cc(C)cc(-c2nc3cc(NC(=O)C=Cc4cccc([N+](=O)[O-])c4)ccc3o2)c1. The molecule has 0 unspecified atom stereocenters. The van der Waals surface area contributed by atoms with Crippen molar-refractivity contribution in [3.63, 3.8) is 0 Å². The second-order valence-electron chi connectivity index (χ2n) is 7.25. The van der Waals surface area contributed by atoms with Crippen molar-refractivity contribution in [2.75, 3.05) is 5.32 Å². The summed E-state index contributed by atoms with van der Waals surface area (Å²) in [6, 6.07) is 17.4. The number of aromatic nitrogens is 1. The van der Waals surface area contributed by atoms with Crippen molar-refractivity contribution in [3.05, 3.63) is 93.5 Å². The second-order valence-corrected chi connectivity index (χ2v) is 7.25. The fourth-order valence-electron chi connectivity index (χ4n) is 3.32. The molecule has 0 bridgehead atoms. The molecule has 0 fully saturated rings. The van der Waals surface area contributed by atoms with Crippen LogP contribution >= 0.6 is 0 Å². The van der Waals surface area contributed by atoms with E-state index in [1.54, 1.807) is 30.3 Å². The van der Waals surface area contributed by atoms with Crippen LogP contribution in [0.25, 0.3) is 28.6 Å². The number of fused-ring (bicyclic) bond motifs is 1. The third-order valence-corrected chi connectivity index (χ3v) is 4.63. The number of nitrogens with one attached hydrogen (secondary N) is 1. The lowest BCUT2D eigenvalue weighted by molar-refractivity contribution is -0.384. The van der Waals surface area contributed by atoms with Crippen LogP contribution in [0.3, 0.4) is 0 Å². The smallest absolute Gasteiger partial charge is 0.270 e. The highest BCUT2D eigenvalue weighted by molar-refractivity contribution is 6.02. The summed E-state index contributed by atoms with van der Waals surface area (Å²) in [7, 11) is 0. The van der Waals surface area contributed by atoms with Crippen LogP contribution in [0.1, 0.15) is 16.7 Å². The van der Waals surface area contributed by atoms with Gasteiger partial charge >= 0.3 is 0 Å². The van der Waals surface area contributed by atoms with Crippen molar-refractivity contribution in [1.82, 2.24) is 4.98 Å². The summed E-state index contributed by atoms with van der Waals surface area (Å²) in [4.78, 5) is 27.2. The van der Waals surface area contributed by atoms with E-state index in [0.29, 0.717) is 28.2 Å². The first kappa shape index (κ1) is 20.0. The number of rotatable bonds is 5. The maximum absolute atomic E-state index is 12.3. The summed E-state index contributed by atoms with van der Waals surface area (Å²) < 4.78 is 5.87. The number of non-ortho nitro benzene ring substituents is 1. The van der Waals surface area contributed by atoms with Crippen molar-refractivity contribution < 1.29 is 14.1 Å². The van der Waals surface area contributed by atoms with Crippen LogP contribution < -0.4 is 5.32 Å². The van der Waals surface area contributed by atoms with Gasteiger partial charge in [-0.15, -0.1) is 0 Å². The van der Waals surface area contributed by atoms with Gasteiger partial charge in [-0.1, -0.05) is 29.3 Å². The van der Waals surface area contributed by atoms with Crippen molar-refractivity contribution in [2.24, 2.45) is 0 Å². The third-order valence-electron chi connectivity index (χ3n) is 4.63. The number of benzene rings is 3. The molecule has 7 nitrogen and oxygen atoms in total. The van der Waals surface area contributed by atoms with Crippen molar-refractivity contribution in [3.8, 4) is 11.5 Å². The Morgan fingerprint density at radius 1 is 1.06 bits per heavy atom. The number of hydrogen-bond donors (Lipinski definition) is 1. The summed E-state index contributed by atoms with van der Waals surface area (Å²) in [6.07, 6.45) is 2.85. The van der Waals surface area contributed by atoms with E-state index in [-0.39, 0.29) is 11.6 Å². The van der Waals surface area contributed by atoms with E-state index >= 15 is 0 Å². The minimum Gasteiger partial charge on any atom is -0.436 e. The van der Waals surface area contributed by atoms with Gasteiger partial charge in [0, 0.05) is 29.5 Å². The van der Waals surface area contributed by atoms with Gasteiger partial charge in [0.15, 0.2) is 5.58 Å². The quantitative estimate of drug-likeness (QED) is 0.258. The van der Waals surface area contributed by atoms with Crippen LogP contribution in [-0.4, -0.2) is 15.8 Å². The molecule has 154 valence electrons. The Hall–Kier alpha value is -4.26. The molecule has 0 atom stereocenters. The summed E-state index contributed by atoms with van der Waals surface area (Å²) in [5, 5.41) is 13.6. The van der Waals surface area contributed by atoms with Crippen LogP contribution in [0, 0.1) is 24.0 Å². The predicted octanol–water partition coefficient (Wildman–Crippen LogP) is 5.67. The average Bonchev–Trinajstić information content (AvgIpc) is 3.15. The molecular weight excluding hydrogens is 394 g/mol. The number of nitrogens with zero attached hydrogens (tertiary/aromatic N) is 2. The molecule has 1 heterocycles. The molecule has 0 saturated carbocycles. The fraction of sp³-hybridized carbons (Fsp3) is 0.0833. The molecule has 0 radical (unpaired) electrons. The van der Waals surface area contributed by atoms with Crippen LogP contribution in [0.4, 0.5) is 11.4 Å². The molecule has 0 saturated heterocycles. The van der Waals surface area contributed by atoms with E-state index < -0.39 is 4.92 Å². The zero-order chi connectivity index (χ0) is 22.0. The van der Waals surface area contributed by atoms with Gasteiger partial charge in [-0.25, -0.2) is 4.98 Å². The zero-order valence-corrected chi connectivity index (χ0v) is 17.0. The number of carbonyl (C=O) groups excluding carboxylic acids is 1. The highest BCUT2D eigenvalue weighted by Gasteiger charge is 2.10. The first-order valence-electron chi connectivity index (χ1n) is 9.60. The van der Waals surface area contributed by atoms with E-state index in [0.717, 1.165) is 16.7 Å². The minimum absolute atomic E-state index is 0.0290. The number of nitro groups is 1. The van der Waals surface area contributed by atoms with Crippen LogP contribution in [0.2, 0.25) is 0 Å². The molecule has 0 aliphatic carbocycles. The molecule has 0 aliphatic heterocycles. The van der Waals surface area contributed by atoms with E-state index in [9.17, 15) is 14.9 Å². The van der Waals surface area contributed by atoms with Crippen LogP contribution in [-0.2, 0) is 4.79 Å². The minimum atomic E-state index is -0.475. The monoisotopic (exact) mass is 413 g/mol. The number of anilines is 1. The first-order valence-corrected chi connectivity index (χ1v) is 9.60. The molecule has 0 aliphatic rings. The van der Waals surface area contributed by atoms with Crippen LogP contribution in [0.5, 0.6) is 0 Å². The Morgan fingerprint density at radius 3 is 2.58 bits per heavy atom. The molecular formula is C24H19N3O4. The Bertz CT molecular complexity index is 1320. The number of amides is 1. The molecule has 0 spiro atoms. The number of carbonyl (C=O) groups is 1. The lowest BCUT2D eigenvalue weighted by Crippen LogP contribution is -2.07. The highest BCUT2D eigenvalue weighted by Crippen LogP contribution is 2.27. The van der Waals surface area contributed by atoms with Gasteiger partial charge in [-0.05, 0) is 55.8 Å². The molecule has 7 heteroatoms. The summed E-state index contributed by atoms with van der Waals surface area (Å²) in [6.45, 7) is 4.04. The Labute approximate surface area is 178 Å². The summed E-state index contributed by atoms with van der Waals surface area (Å²) >= 11 is 0. The van der Waals surface area contributed by atoms with E-state index in [1.165, 1.54) is 24.3 Å². The Kier molecular flexibility index (Phi) is 5.32. The molecule has 4 rings (SSSR count). The summed E-state index contributed by atoms with van der Waals surface area (Å²) in [5.74, 6) is 0.166. The third kappa shape index (κ3) is 4.67. The second kappa shape index (κ2) is 8.23. The van der Waals surface area contributed by atoms with Gasteiger partial charge in [0.1, 0.15) is 5.52 Å². The van der Waals surface area contributed by atoms with Crippen LogP contribution in [0.15, 0.2) is 71.2 Å². The lowest BCUT2D eigenvalue weighted by Gasteiger charge is -2.01. The maximum atomic E-state index is 12.3. The lowest BCUT2D eigenvalue weighted by atomic mass is 10.1. The van der Waals surface area contributed by atoms with Crippen molar-refractivity contribution >= 4 is 34.5 Å². The predicted molar refractivity (Wildman–Crippen MR) is 120 cm³/mol. The van der Waals surface area contributed by atoms with Gasteiger partial charge in [-0.2, -0.15) is 0 Å². The Balaban J connectivity index is 1.51. The van der Waals surface area contributed by atoms with E-state index in [1.807, 2.05) is 26.0 Å². The van der Waals surface area contributed by atoms with E-state index in [2.05, 4.69) is 16.4 Å². The first-order chi connectivity index (χ1) is 14.9. The molecule has 31 heavy (non-hydrogen) atoms. The fourth-order valence-corrected chi connectivity index (χ4v) is 3.32. The zero-order valence-electron chi connectivity index (χ0n) is 17.0. The van der Waals surface area contributed by atoms with Gasteiger partial charge in [0.05, 0.1) is 4.92 Å². The number of nitro benzene ring substituents is 1. The van der Waals surface area contributed by atoms with Gasteiger partial charge in [0.25, 0.3) is 5.69 Å². The van der Waals surface area contributed by atoms with Crippen molar-refractivity contribution in [2.45, 2.75) is 13.8 Å². The molecule has 1 aromatic heterocycles. The van der Waals surface area contributed by atoms with Crippen molar-refractivity contribution in [1.29, 1.82) is 0 Å². The highest BCUT2D eigenvalue weighted by atomic mass is 16.6. The van der Waals surface area contributed by atoms with Gasteiger partial charge < -0.3 is 9.73 Å².